The summed E-state index contributed by atoms with van der Waals surface area (Å²) in [5.74, 6) is -0.0404. The molecule has 5 nitrogen and oxygen atoms in total. The van der Waals surface area contributed by atoms with E-state index < -0.39 is 12.6 Å². The van der Waals surface area contributed by atoms with Gasteiger partial charge in [-0.2, -0.15) is 13.5 Å². The van der Waals surface area contributed by atoms with Gasteiger partial charge in [0.05, 0.1) is 17.7 Å². The van der Waals surface area contributed by atoms with Gasteiger partial charge in [-0.3, -0.25) is 0 Å². The van der Waals surface area contributed by atoms with E-state index in [9.17, 15) is 8.78 Å². The normalized spacial score (nSPS) is 12.9. The van der Waals surface area contributed by atoms with Crippen LogP contribution in [0.1, 0.15) is 18.2 Å². The lowest BCUT2D eigenvalue weighted by Gasteiger charge is -2.12. The third-order valence-electron chi connectivity index (χ3n) is 2.65. The summed E-state index contributed by atoms with van der Waals surface area (Å²) in [5.41, 5.74) is 6.58. The van der Waals surface area contributed by atoms with Gasteiger partial charge in [0.15, 0.2) is 5.82 Å². The van der Waals surface area contributed by atoms with Crippen LogP contribution in [0.15, 0.2) is 18.2 Å². The first-order chi connectivity index (χ1) is 9.43. The average molecular weight is 415 g/mol. The minimum absolute atomic E-state index is 0.0404. The summed E-state index contributed by atoms with van der Waals surface area (Å²) in [5, 5.41) is 12.9. The van der Waals surface area contributed by atoms with Crippen molar-refractivity contribution in [1.29, 1.82) is 0 Å². The fourth-order valence-electron chi connectivity index (χ4n) is 1.67. The average Bonchev–Trinajstić information content (AvgIpc) is 2.80. The summed E-state index contributed by atoms with van der Waals surface area (Å²) < 4.78 is 26.5. The smallest absolute Gasteiger partial charge is 0.335 e. The maximum absolute atomic E-state index is 12.9. The van der Waals surface area contributed by atoms with E-state index in [0.717, 1.165) is 0 Å². The number of hydrogen-bond acceptors (Lipinski definition) is 4. The van der Waals surface area contributed by atoms with Crippen molar-refractivity contribution in [2.75, 3.05) is 6.61 Å². The molecule has 1 unspecified atom stereocenters. The first kappa shape index (κ1) is 15.5. The summed E-state index contributed by atoms with van der Waals surface area (Å²) in [7, 11) is 0. The van der Waals surface area contributed by atoms with Crippen molar-refractivity contribution in [1.82, 2.24) is 14.8 Å². The Bertz CT molecular complexity index is 622. The zero-order valence-corrected chi connectivity index (χ0v) is 12.9. The van der Waals surface area contributed by atoms with Crippen molar-refractivity contribution >= 4 is 34.2 Å². The Morgan fingerprint density at radius 2 is 2.15 bits per heavy atom. The third kappa shape index (κ3) is 3.08. The quantitative estimate of drug-likeness (QED) is 0.754. The lowest BCUT2D eigenvalue weighted by molar-refractivity contribution is 0.0579. The number of rotatable bonds is 4. The molecule has 1 aromatic heterocycles. The Kier molecular flexibility index (Phi) is 4.89. The molecule has 2 aromatic rings. The van der Waals surface area contributed by atoms with Crippen LogP contribution in [-0.4, -0.2) is 26.5 Å². The van der Waals surface area contributed by atoms with Crippen LogP contribution in [0.4, 0.5) is 8.78 Å². The van der Waals surface area contributed by atoms with Gasteiger partial charge in [0.25, 0.3) is 0 Å². The standard InChI is InChI=1S/C11H10ClF2IN4O/c12-7-2-1-5(8(16)4-20)3-6(7)9-17-11(15)18-19(9)10(13)14/h1-3,8,10,20H,4,16H2. The Morgan fingerprint density at radius 3 is 2.75 bits per heavy atom. The van der Waals surface area contributed by atoms with Crippen LogP contribution in [0.5, 0.6) is 0 Å². The second kappa shape index (κ2) is 6.29. The van der Waals surface area contributed by atoms with Crippen molar-refractivity contribution in [3.63, 3.8) is 0 Å². The molecule has 0 aliphatic rings. The van der Waals surface area contributed by atoms with Crippen LogP contribution in [0.25, 0.3) is 11.4 Å². The fraction of sp³-hybridized carbons (Fsp3) is 0.273. The molecule has 0 radical (unpaired) electrons. The van der Waals surface area contributed by atoms with Gasteiger partial charge in [0.1, 0.15) is 0 Å². The number of halogens is 4. The zero-order valence-electron chi connectivity index (χ0n) is 9.97. The zero-order chi connectivity index (χ0) is 14.9. The summed E-state index contributed by atoms with van der Waals surface area (Å²) in [6, 6.07) is 4.07. The summed E-state index contributed by atoms with van der Waals surface area (Å²) in [6.45, 7) is -3.09. The SMILES string of the molecule is NC(CO)c1ccc(Cl)c(-c2nc(I)nn2C(F)F)c1. The molecular formula is C11H10ClF2IN4O. The molecule has 20 heavy (non-hydrogen) atoms. The van der Waals surface area contributed by atoms with Gasteiger partial charge in [-0.1, -0.05) is 17.7 Å². The molecule has 0 fully saturated rings. The molecule has 3 N–H and O–H groups in total. The van der Waals surface area contributed by atoms with E-state index >= 15 is 0 Å². The monoisotopic (exact) mass is 414 g/mol. The predicted molar refractivity (Wildman–Crippen MR) is 78.5 cm³/mol. The Labute approximate surface area is 131 Å². The number of alkyl halides is 2. The van der Waals surface area contributed by atoms with E-state index in [4.69, 9.17) is 22.4 Å². The molecule has 0 aliphatic carbocycles. The van der Waals surface area contributed by atoms with Gasteiger partial charge < -0.3 is 10.8 Å². The second-order valence-electron chi connectivity index (χ2n) is 3.96. The molecule has 1 aromatic carbocycles. The fourth-order valence-corrected chi connectivity index (χ4v) is 2.33. The maximum Gasteiger partial charge on any atom is 0.335 e. The number of nitrogens with zero attached hydrogens (tertiary/aromatic N) is 3. The molecule has 2 rings (SSSR count). The molecule has 0 saturated heterocycles. The Balaban J connectivity index is 2.57. The molecule has 0 spiro atoms. The van der Waals surface area contributed by atoms with Crippen LogP contribution in [0.3, 0.4) is 0 Å². The molecule has 1 heterocycles. The highest BCUT2D eigenvalue weighted by molar-refractivity contribution is 14.1. The number of hydrogen-bond donors (Lipinski definition) is 2. The number of aliphatic hydroxyl groups is 1. The third-order valence-corrected chi connectivity index (χ3v) is 3.43. The molecule has 0 aliphatic heterocycles. The Morgan fingerprint density at radius 1 is 1.45 bits per heavy atom. The maximum atomic E-state index is 12.9. The molecule has 108 valence electrons. The highest BCUT2D eigenvalue weighted by atomic mass is 127. The molecule has 1 atom stereocenters. The minimum Gasteiger partial charge on any atom is -0.394 e. The van der Waals surface area contributed by atoms with Crippen molar-refractivity contribution in [2.24, 2.45) is 5.73 Å². The van der Waals surface area contributed by atoms with E-state index in [1.54, 1.807) is 28.7 Å². The van der Waals surface area contributed by atoms with Crippen molar-refractivity contribution in [3.8, 4) is 11.4 Å². The van der Waals surface area contributed by atoms with Crippen molar-refractivity contribution in [2.45, 2.75) is 12.6 Å². The highest BCUT2D eigenvalue weighted by Gasteiger charge is 2.20. The number of aromatic nitrogens is 3. The second-order valence-corrected chi connectivity index (χ2v) is 5.33. The lowest BCUT2D eigenvalue weighted by Crippen LogP contribution is -2.14. The van der Waals surface area contributed by atoms with Gasteiger partial charge in [-0.15, -0.1) is 5.10 Å². The Hall–Kier alpha value is -0.840. The predicted octanol–water partition coefficient (Wildman–Crippen LogP) is 2.59. The summed E-state index contributed by atoms with van der Waals surface area (Å²) >= 11 is 7.78. The number of aliphatic hydroxyl groups excluding tert-OH is 1. The summed E-state index contributed by atoms with van der Waals surface area (Å²) in [4.78, 5) is 3.96. The first-order valence-corrected chi connectivity index (χ1v) is 6.96. The van der Waals surface area contributed by atoms with E-state index in [2.05, 4.69) is 10.1 Å². The van der Waals surface area contributed by atoms with E-state index in [1.807, 2.05) is 0 Å². The number of nitrogens with two attached hydrogens (primary N) is 1. The highest BCUT2D eigenvalue weighted by Crippen LogP contribution is 2.31. The molecule has 9 heteroatoms. The van der Waals surface area contributed by atoms with Gasteiger partial charge in [0, 0.05) is 28.2 Å². The molecule has 0 saturated carbocycles. The van der Waals surface area contributed by atoms with Crippen LogP contribution >= 0.6 is 34.2 Å². The van der Waals surface area contributed by atoms with Gasteiger partial charge >= 0.3 is 6.55 Å². The topological polar surface area (TPSA) is 77.0 Å². The molecule has 0 amide bonds. The molecular weight excluding hydrogens is 405 g/mol. The van der Waals surface area contributed by atoms with Crippen molar-refractivity contribution in [3.05, 3.63) is 32.6 Å². The first-order valence-electron chi connectivity index (χ1n) is 5.50. The van der Waals surface area contributed by atoms with E-state index in [-0.39, 0.29) is 21.3 Å². The van der Waals surface area contributed by atoms with E-state index in [1.165, 1.54) is 12.1 Å². The summed E-state index contributed by atoms with van der Waals surface area (Å²) in [6.07, 6.45) is 0. The van der Waals surface area contributed by atoms with Gasteiger partial charge in [0.2, 0.25) is 3.83 Å². The van der Waals surface area contributed by atoms with Crippen LogP contribution in [-0.2, 0) is 0 Å². The largest absolute Gasteiger partial charge is 0.394 e. The van der Waals surface area contributed by atoms with Crippen molar-refractivity contribution < 1.29 is 13.9 Å². The van der Waals surface area contributed by atoms with E-state index in [0.29, 0.717) is 15.8 Å². The van der Waals surface area contributed by atoms with Crippen LogP contribution < -0.4 is 5.73 Å². The number of benzene rings is 1. The van der Waals surface area contributed by atoms with Crippen LogP contribution in [0, 0.1) is 3.83 Å². The lowest BCUT2D eigenvalue weighted by atomic mass is 10.0. The molecule has 0 bridgehead atoms. The van der Waals surface area contributed by atoms with Gasteiger partial charge in [-0.05, 0) is 17.7 Å². The van der Waals surface area contributed by atoms with Gasteiger partial charge in [-0.25, -0.2) is 4.98 Å². The van der Waals surface area contributed by atoms with Crippen LogP contribution in [0.2, 0.25) is 5.02 Å². The minimum atomic E-state index is -2.83.